The van der Waals surface area contributed by atoms with Crippen LogP contribution in [-0.2, 0) is 16.0 Å². The molecule has 0 bridgehead atoms. The number of rotatable bonds is 6. The van der Waals surface area contributed by atoms with Gasteiger partial charge in [-0.15, -0.1) is 11.3 Å². The third-order valence-electron chi connectivity index (χ3n) is 3.93. The number of anilines is 1. The molecule has 27 heavy (non-hydrogen) atoms. The van der Waals surface area contributed by atoms with Gasteiger partial charge < -0.3 is 14.8 Å². The Morgan fingerprint density at radius 2 is 1.93 bits per heavy atom. The molecule has 0 aliphatic rings. The topological polar surface area (TPSA) is 77.5 Å². The second-order valence-corrected chi connectivity index (χ2v) is 6.54. The molecule has 0 saturated carbocycles. The monoisotopic (exact) mass is 382 g/mol. The molecular formula is C20H18N2O4S. The Labute approximate surface area is 160 Å². The van der Waals surface area contributed by atoms with E-state index in [0.29, 0.717) is 16.1 Å². The number of carbonyl (C=O) groups excluding carboxylic acids is 2. The fourth-order valence-electron chi connectivity index (χ4n) is 2.59. The molecule has 0 spiro atoms. The standard InChI is InChI=1S/C20H18N2O4S/c1-25-15-7-5-13(6-8-15)10-17(23)22-19-18(20(24)26-2)16(12-27-19)14-4-3-9-21-11-14/h3-9,11-12H,10H2,1-2H3,(H,22,23). The van der Waals surface area contributed by atoms with E-state index in [0.717, 1.165) is 16.9 Å². The van der Waals surface area contributed by atoms with Crippen molar-refractivity contribution >= 4 is 28.2 Å². The first kappa shape index (κ1) is 18.6. The quantitative estimate of drug-likeness (QED) is 0.657. The largest absolute Gasteiger partial charge is 0.497 e. The van der Waals surface area contributed by atoms with E-state index in [9.17, 15) is 9.59 Å². The number of benzene rings is 1. The van der Waals surface area contributed by atoms with Crippen molar-refractivity contribution in [3.8, 4) is 16.9 Å². The van der Waals surface area contributed by atoms with E-state index in [4.69, 9.17) is 9.47 Å². The van der Waals surface area contributed by atoms with Crippen molar-refractivity contribution in [3.05, 3.63) is 65.3 Å². The predicted octanol–water partition coefficient (Wildman–Crippen LogP) is 3.79. The van der Waals surface area contributed by atoms with Crippen LogP contribution in [0.3, 0.4) is 0 Å². The summed E-state index contributed by atoms with van der Waals surface area (Å²) < 4.78 is 10.0. The average Bonchev–Trinajstić information content (AvgIpc) is 3.12. The van der Waals surface area contributed by atoms with Crippen molar-refractivity contribution in [2.45, 2.75) is 6.42 Å². The van der Waals surface area contributed by atoms with Crippen LogP contribution in [0.5, 0.6) is 5.75 Å². The first-order chi connectivity index (χ1) is 13.1. The van der Waals surface area contributed by atoms with Gasteiger partial charge in [0, 0.05) is 28.9 Å². The number of nitrogens with zero attached hydrogens (tertiary/aromatic N) is 1. The van der Waals surface area contributed by atoms with Crippen molar-refractivity contribution in [3.63, 3.8) is 0 Å². The van der Waals surface area contributed by atoms with Gasteiger partial charge in [0.2, 0.25) is 5.91 Å². The summed E-state index contributed by atoms with van der Waals surface area (Å²) in [6.45, 7) is 0. The Morgan fingerprint density at radius 3 is 2.56 bits per heavy atom. The highest BCUT2D eigenvalue weighted by atomic mass is 32.1. The van der Waals surface area contributed by atoms with Crippen molar-refractivity contribution in [2.24, 2.45) is 0 Å². The molecule has 0 radical (unpaired) electrons. The molecule has 0 aliphatic heterocycles. The van der Waals surface area contributed by atoms with Crippen LogP contribution in [0.1, 0.15) is 15.9 Å². The molecule has 6 nitrogen and oxygen atoms in total. The molecule has 138 valence electrons. The number of hydrogen-bond acceptors (Lipinski definition) is 6. The summed E-state index contributed by atoms with van der Waals surface area (Å²) in [6, 6.07) is 10.9. The minimum Gasteiger partial charge on any atom is -0.497 e. The van der Waals surface area contributed by atoms with E-state index in [1.54, 1.807) is 37.7 Å². The van der Waals surface area contributed by atoms with E-state index in [1.807, 2.05) is 23.6 Å². The minimum absolute atomic E-state index is 0.185. The number of pyridine rings is 1. The van der Waals surface area contributed by atoms with Gasteiger partial charge in [0.05, 0.1) is 20.6 Å². The van der Waals surface area contributed by atoms with Gasteiger partial charge in [0.1, 0.15) is 16.3 Å². The Bertz CT molecular complexity index is 936. The molecule has 2 aromatic heterocycles. The molecule has 1 aromatic carbocycles. The summed E-state index contributed by atoms with van der Waals surface area (Å²) in [5.74, 6) is 0.00580. The van der Waals surface area contributed by atoms with E-state index >= 15 is 0 Å². The number of amides is 1. The van der Waals surface area contributed by atoms with Crippen LogP contribution in [0.2, 0.25) is 0 Å². The van der Waals surface area contributed by atoms with E-state index in [1.165, 1.54) is 18.4 Å². The van der Waals surface area contributed by atoms with Gasteiger partial charge in [0.25, 0.3) is 0 Å². The zero-order valence-corrected chi connectivity index (χ0v) is 15.7. The number of carbonyl (C=O) groups is 2. The number of hydrogen-bond donors (Lipinski definition) is 1. The molecule has 2 heterocycles. The fraction of sp³-hybridized carbons (Fsp3) is 0.150. The normalized spacial score (nSPS) is 10.3. The maximum absolute atomic E-state index is 12.4. The highest BCUT2D eigenvalue weighted by molar-refractivity contribution is 7.15. The molecule has 3 aromatic rings. The average molecular weight is 382 g/mol. The Balaban J connectivity index is 1.82. The summed E-state index contributed by atoms with van der Waals surface area (Å²) in [6.07, 6.45) is 3.51. The van der Waals surface area contributed by atoms with E-state index in [2.05, 4.69) is 10.3 Å². The zero-order valence-electron chi connectivity index (χ0n) is 14.9. The Hall–Kier alpha value is -3.19. The molecule has 3 rings (SSSR count). The number of methoxy groups -OCH3 is 2. The second-order valence-electron chi connectivity index (χ2n) is 5.66. The van der Waals surface area contributed by atoms with Crippen LogP contribution < -0.4 is 10.1 Å². The van der Waals surface area contributed by atoms with Crippen molar-refractivity contribution in [2.75, 3.05) is 19.5 Å². The SMILES string of the molecule is COC(=O)c1c(-c2cccnc2)csc1NC(=O)Cc1ccc(OC)cc1. The van der Waals surface area contributed by atoms with Gasteiger partial charge in [-0.1, -0.05) is 18.2 Å². The number of ether oxygens (including phenoxy) is 2. The lowest BCUT2D eigenvalue weighted by Crippen LogP contribution is -2.16. The molecule has 1 N–H and O–H groups in total. The summed E-state index contributed by atoms with van der Waals surface area (Å²) in [7, 11) is 2.91. The highest BCUT2D eigenvalue weighted by Crippen LogP contribution is 2.35. The van der Waals surface area contributed by atoms with Gasteiger partial charge in [-0.2, -0.15) is 0 Å². The minimum atomic E-state index is -0.505. The van der Waals surface area contributed by atoms with Gasteiger partial charge in [0.15, 0.2) is 0 Å². The highest BCUT2D eigenvalue weighted by Gasteiger charge is 2.22. The van der Waals surface area contributed by atoms with Crippen LogP contribution >= 0.6 is 11.3 Å². The van der Waals surface area contributed by atoms with Crippen LogP contribution in [-0.4, -0.2) is 31.1 Å². The number of nitrogens with one attached hydrogen (secondary N) is 1. The summed E-state index contributed by atoms with van der Waals surface area (Å²) in [5.41, 5.74) is 2.64. The number of esters is 1. The first-order valence-electron chi connectivity index (χ1n) is 8.15. The summed E-state index contributed by atoms with van der Waals surface area (Å²) in [5, 5.41) is 5.09. The smallest absolute Gasteiger partial charge is 0.341 e. The molecule has 1 amide bonds. The Morgan fingerprint density at radius 1 is 1.15 bits per heavy atom. The predicted molar refractivity (Wildman–Crippen MR) is 104 cm³/mol. The first-order valence-corrected chi connectivity index (χ1v) is 9.03. The second kappa shape index (κ2) is 8.46. The molecule has 0 aliphatic carbocycles. The van der Waals surface area contributed by atoms with Crippen LogP contribution in [0.15, 0.2) is 54.2 Å². The molecular weight excluding hydrogens is 364 g/mol. The molecule has 0 atom stereocenters. The summed E-state index contributed by atoms with van der Waals surface area (Å²) >= 11 is 1.28. The van der Waals surface area contributed by atoms with Gasteiger partial charge in [-0.3, -0.25) is 9.78 Å². The third kappa shape index (κ3) is 4.32. The third-order valence-corrected chi connectivity index (χ3v) is 4.83. The summed E-state index contributed by atoms with van der Waals surface area (Å²) in [4.78, 5) is 28.8. The lowest BCUT2D eigenvalue weighted by molar-refractivity contribution is -0.115. The van der Waals surface area contributed by atoms with Gasteiger partial charge in [-0.25, -0.2) is 4.79 Å². The van der Waals surface area contributed by atoms with Crippen molar-refractivity contribution in [1.29, 1.82) is 0 Å². The van der Waals surface area contributed by atoms with Crippen molar-refractivity contribution in [1.82, 2.24) is 4.98 Å². The van der Waals surface area contributed by atoms with E-state index < -0.39 is 5.97 Å². The van der Waals surface area contributed by atoms with Gasteiger partial charge in [-0.05, 0) is 23.8 Å². The van der Waals surface area contributed by atoms with Crippen LogP contribution in [0.25, 0.3) is 11.1 Å². The maximum Gasteiger partial charge on any atom is 0.341 e. The number of aromatic nitrogens is 1. The lowest BCUT2D eigenvalue weighted by atomic mass is 10.1. The number of thiophene rings is 1. The maximum atomic E-state index is 12.4. The lowest BCUT2D eigenvalue weighted by Gasteiger charge is -2.08. The molecule has 0 saturated heterocycles. The van der Waals surface area contributed by atoms with Crippen molar-refractivity contribution < 1.29 is 19.1 Å². The molecule has 0 unspecified atom stereocenters. The van der Waals surface area contributed by atoms with Crippen LogP contribution in [0, 0.1) is 0 Å². The zero-order chi connectivity index (χ0) is 19.2. The van der Waals surface area contributed by atoms with E-state index in [-0.39, 0.29) is 12.3 Å². The molecule has 7 heteroatoms. The van der Waals surface area contributed by atoms with Crippen LogP contribution in [0.4, 0.5) is 5.00 Å². The Kier molecular flexibility index (Phi) is 5.83. The fourth-order valence-corrected chi connectivity index (χ4v) is 3.56. The molecule has 0 fully saturated rings. The van der Waals surface area contributed by atoms with Gasteiger partial charge >= 0.3 is 5.97 Å².